The summed E-state index contributed by atoms with van der Waals surface area (Å²) >= 11 is 0. The van der Waals surface area contributed by atoms with Crippen LogP contribution < -0.4 is 5.73 Å². The zero-order valence-electron chi connectivity index (χ0n) is 11.0. The van der Waals surface area contributed by atoms with Gasteiger partial charge in [-0.15, -0.1) is 0 Å². The van der Waals surface area contributed by atoms with Gasteiger partial charge in [-0.1, -0.05) is 0 Å². The number of piperazine rings is 1. The first kappa shape index (κ1) is 14.4. The molecule has 0 saturated carbocycles. The molecule has 1 aliphatic rings. The molecule has 1 unspecified atom stereocenters. The van der Waals surface area contributed by atoms with E-state index in [9.17, 15) is 4.79 Å². The number of ether oxygens (including phenoxy) is 1. The normalized spacial score (nSPS) is 19.4. The van der Waals surface area contributed by atoms with Gasteiger partial charge < -0.3 is 15.4 Å². The van der Waals surface area contributed by atoms with Crippen LogP contribution in [0.4, 0.5) is 0 Å². The summed E-state index contributed by atoms with van der Waals surface area (Å²) in [4.78, 5) is 16.1. The number of nitrogens with two attached hydrogens (primary N) is 1. The van der Waals surface area contributed by atoms with E-state index in [-0.39, 0.29) is 5.91 Å². The highest BCUT2D eigenvalue weighted by Crippen LogP contribution is 2.07. The maximum absolute atomic E-state index is 11.8. The molecule has 5 nitrogen and oxygen atoms in total. The van der Waals surface area contributed by atoms with Gasteiger partial charge in [-0.3, -0.25) is 9.69 Å². The fraction of sp³-hybridized carbons (Fsp3) is 0.917. The molecule has 17 heavy (non-hydrogen) atoms. The Bertz CT molecular complexity index is 228. The molecule has 0 aromatic rings. The summed E-state index contributed by atoms with van der Waals surface area (Å²) in [6.45, 7) is 9.45. The van der Waals surface area contributed by atoms with Gasteiger partial charge in [0.1, 0.15) is 0 Å². The summed E-state index contributed by atoms with van der Waals surface area (Å²) in [5, 5.41) is 0. The van der Waals surface area contributed by atoms with E-state index in [1.807, 2.05) is 11.8 Å². The van der Waals surface area contributed by atoms with Crippen LogP contribution in [0.25, 0.3) is 0 Å². The lowest BCUT2D eigenvalue weighted by Gasteiger charge is -2.37. The molecule has 100 valence electrons. The monoisotopic (exact) mass is 243 g/mol. The SMILES string of the molecule is CCOCCC(=O)N1CCN(C(C)CN)CC1. The molecule has 5 heteroatoms. The molecule has 1 atom stereocenters. The molecule has 1 fully saturated rings. The van der Waals surface area contributed by atoms with Crippen molar-refractivity contribution in [1.82, 2.24) is 9.80 Å². The van der Waals surface area contributed by atoms with Gasteiger partial charge in [-0.25, -0.2) is 0 Å². The topological polar surface area (TPSA) is 58.8 Å². The molecule has 1 rings (SSSR count). The van der Waals surface area contributed by atoms with Crippen LogP contribution in [0.15, 0.2) is 0 Å². The Balaban J connectivity index is 2.24. The zero-order chi connectivity index (χ0) is 12.7. The van der Waals surface area contributed by atoms with Crippen molar-refractivity contribution in [2.45, 2.75) is 26.3 Å². The van der Waals surface area contributed by atoms with Crippen LogP contribution in [0.2, 0.25) is 0 Å². The molecule has 0 spiro atoms. The minimum absolute atomic E-state index is 0.207. The molecular formula is C12H25N3O2. The van der Waals surface area contributed by atoms with Gasteiger partial charge in [0.05, 0.1) is 13.0 Å². The third-order valence-electron chi connectivity index (χ3n) is 3.30. The second-order valence-electron chi connectivity index (χ2n) is 4.45. The minimum atomic E-state index is 0.207. The summed E-state index contributed by atoms with van der Waals surface area (Å²) in [5.41, 5.74) is 5.64. The number of hydrogen-bond acceptors (Lipinski definition) is 4. The molecule has 0 bridgehead atoms. The van der Waals surface area contributed by atoms with Gasteiger partial charge in [-0.2, -0.15) is 0 Å². The van der Waals surface area contributed by atoms with E-state index in [2.05, 4.69) is 11.8 Å². The van der Waals surface area contributed by atoms with Crippen molar-refractivity contribution in [3.63, 3.8) is 0 Å². The van der Waals surface area contributed by atoms with E-state index in [1.54, 1.807) is 0 Å². The first-order valence-corrected chi connectivity index (χ1v) is 6.48. The second kappa shape index (κ2) is 7.63. The highest BCUT2D eigenvalue weighted by molar-refractivity contribution is 5.76. The average Bonchev–Trinajstić information content (AvgIpc) is 2.38. The Labute approximate surface area is 104 Å². The molecular weight excluding hydrogens is 218 g/mol. The van der Waals surface area contributed by atoms with E-state index < -0.39 is 0 Å². The van der Waals surface area contributed by atoms with Crippen molar-refractivity contribution in [2.75, 3.05) is 45.9 Å². The first-order valence-electron chi connectivity index (χ1n) is 6.48. The lowest BCUT2D eigenvalue weighted by Crippen LogP contribution is -2.52. The lowest BCUT2D eigenvalue weighted by atomic mass is 10.2. The Morgan fingerprint density at radius 1 is 1.35 bits per heavy atom. The van der Waals surface area contributed by atoms with Crippen LogP contribution in [0, 0.1) is 0 Å². The predicted molar refractivity (Wildman–Crippen MR) is 67.8 cm³/mol. The van der Waals surface area contributed by atoms with Crippen LogP contribution in [-0.4, -0.2) is 67.7 Å². The van der Waals surface area contributed by atoms with E-state index in [1.165, 1.54) is 0 Å². The fourth-order valence-corrected chi connectivity index (χ4v) is 2.02. The number of hydrogen-bond donors (Lipinski definition) is 1. The van der Waals surface area contributed by atoms with Gasteiger partial charge in [-0.05, 0) is 13.8 Å². The molecule has 0 aromatic heterocycles. The van der Waals surface area contributed by atoms with E-state index >= 15 is 0 Å². The summed E-state index contributed by atoms with van der Waals surface area (Å²) in [6, 6.07) is 0.413. The molecule has 1 aliphatic heterocycles. The summed E-state index contributed by atoms with van der Waals surface area (Å²) in [5.74, 6) is 0.207. The van der Waals surface area contributed by atoms with Crippen molar-refractivity contribution < 1.29 is 9.53 Å². The lowest BCUT2D eigenvalue weighted by molar-refractivity contribution is -0.134. The largest absolute Gasteiger partial charge is 0.381 e. The molecule has 0 aromatic carbocycles. The Morgan fingerprint density at radius 2 is 2.00 bits per heavy atom. The highest BCUT2D eigenvalue weighted by Gasteiger charge is 2.22. The second-order valence-corrected chi connectivity index (χ2v) is 4.45. The molecule has 0 aliphatic carbocycles. The van der Waals surface area contributed by atoms with Crippen molar-refractivity contribution in [1.29, 1.82) is 0 Å². The van der Waals surface area contributed by atoms with Crippen molar-refractivity contribution >= 4 is 5.91 Å². The van der Waals surface area contributed by atoms with Crippen molar-refractivity contribution in [3.05, 3.63) is 0 Å². The van der Waals surface area contributed by atoms with Crippen LogP contribution >= 0.6 is 0 Å². The summed E-state index contributed by atoms with van der Waals surface area (Å²) < 4.78 is 5.20. The zero-order valence-corrected chi connectivity index (χ0v) is 11.0. The molecule has 0 radical (unpaired) electrons. The van der Waals surface area contributed by atoms with Crippen LogP contribution in [0.3, 0.4) is 0 Å². The predicted octanol–water partition coefficient (Wildman–Crippen LogP) is -0.0956. The van der Waals surface area contributed by atoms with Gasteiger partial charge in [0, 0.05) is 45.4 Å². The standard InChI is InChI=1S/C12H25N3O2/c1-3-17-9-4-12(16)15-7-5-14(6-8-15)11(2)10-13/h11H,3-10,13H2,1-2H3. The van der Waals surface area contributed by atoms with Crippen molar-refractivity contribution in [2.24, 2.45) is 5.73 Å². The highest BCUT2D eigenvalue weighted by atomic mass is 16.5. The fourth-order valence-electron chi connectivity index (χ4n) is 2.02. The first-order chi connectivity index (χ1) is 8.19. The molecule has 1 amide bonds. The van der Waals surface area contributed by atoms with E-state index in [0.29, 0.717) is 32.2 Å². The van der Waals surface area contributed by atoms with Crippen LogP contribution in [-0.2, 0) is 9.53 Å². The van der Waals surface area contributed by atoms with Gasteiger partial charge in [0.2, 0.25) is 5.91 Å². The number of amides is 1. The van der Waals surface area contributed by atoms with Gasteiger partial charge >= 0.3 is 0 Å². The quantitative estimate of drug-likeness (QED) is 0.662. The summed E-state index contributed by atoms with van der Waals surface area (Å²) in [6.07, 6.45) is 0.500. The van der Waals surface area contributed by atoms with Gasteiger partial charge in [0.15, 0.2) is 0 Å². The summed E-state index contributed by atoms with van der Waals surface area (Å²) in [7, 11) is 0. The Kier molecular flexibility index (Phi) is 6.47. The molecule has 2 N–H and O–H groups in total. The smallest absolute Gasteiger partial charge is 0.224 e. The number of nitrogens with zero attached hydrogens (tertiary/aromatic N) is 2. The van der Waals surface area contributed by atoms with Crippen LogP contribution in [0.1, 0.15) is 20.3 Å². The number of rotatable bonds is 6. The number of carbonyl (C=O) groups is 1. The van der Waals surface area contributed by atoms with Crippen LogP contribution in [0.5, 0.6) is 0 Å². The third-order valence-corrected chi connectivity index (χ3v) is 3.30. The average molecular weight is 243 g/mol. The Morgan fingerprint density at radius 3 is 2.53 bits per heavy atom. The molecule has 1 saturated heterocycles. The maximum Gasteiger partial charge on any atom is 0.224 e. The van der Waals surface area contributed by atoms with Gasteiger partial charge in [0.25, 0.3) is 0 Å². The van der Waals surface area contributed by atoms with E-state index in [4.69, 9.17) is 10.5 Å². The van der Waals surface area contributed by atoms with Crippen molar-refractivity contribution in [3.8, 4) is 0 Å². The number of carbonyl (C=O) groups excluding carboxylic acids is 1. The third kappa shape index (κ3) is 4.61. The van der Waals surface area contributed by atoms with E-state index in [0.717, 1.165) is 26.2 Å². The minimum Gasteiger partial charge on any atom is -0.381 e. The Hall–Kier alpha value is -0.650. The maximum atomic E-state index is 11.8. The molecule has 1 heterocycles.